The van der Waals surface area contributed by atoms with Crippen molar-refractivity contribution in [3.8, 4) is 0 Å². The van der Waals surface area contributed by atoms with E-state index >= 15 is 0 Å². The van der Waals surface area contributed by atoms with Crippen molar-refractivity contribution in [1.82, 2.24) is 10.2 Å². The van der Waals surface area contributed by atoms with E-state index in [1.165, 1.54) is 25.0 Å². The fraction of sp³-hybridized carbons (Fsp3) is 0.917. The molecule has 0 bridgehead atoms. The average Bonchev–Trinajstić information content (AvgIpc) is 2.33. The highest BCUT2D eigenvalue weighted by Crippen LogP contribution is 2.22. The average molecular weight is 242 g/mol. The summed E-state index contributed by atoms with van der Waals surface area (Å²) >= 11 is 1.91. The third-order valence-corrected chi connectivity index (χ3v) is 4.84. The third kappa shape index (κ3) is 3.39. The van der Waals surface area contributed by atoms with Crippen molar-refractivity contribution in [2.24, 2.45) is 5.92 Å². The van der Waals surface area contributed by atoms with E-state index in [0.29, 0.717) is 17.7 Å². The lowest BCUT2D eigenvalue weighted by molar-refractivity contribution is -0.132. The van der Waals surface area contributed by atoms with Crippen molar-refractivity contribution in [3.05, 3.63) is 0 Å². The molecule has 0 aromatic rings. The van der Waals surface area contributed by atoms with Gasteiger partial charge in [-0.15, -0.1) is 11.8 Å². The van der Waals surface area contributed by atoms with Crippen LogP contribution in [-0.4, -0.2) is 41.6 Å². The molecule has 0 aromatic carbocycles. The standard InChI is InChI=1S/C12H22N2OS/c1-10-8-13-11(16-9-10)7-12(15)14-5-3-2-4-6-14/h10-11,13H,2-9H2,1H3. The van der Waals surface area contributed by atoms with Crippen molar-refractivity contribution in [2.45, 2.75) is 38.0 Å². The van der Waals surface area contributed by atoms with Crippen LogP contribution in [0.3, 0.4) is 0 Å². The lowest BCUT2D eigenvalue weighted by Crippen LogP contribution is -2.42. The van der Waals surface area contributed by atoms with Gasteiger partial charge in [-0.25, -0.2) is 0 Å². The van der Waals surface area contributed by atoms with E-state index in [9.17, 15) is 4.79 Å². The molecule has 3 nitrogen and oxygen atoms in total. The first-order valence-corrected chi connectivity index (χ1v) is 7.43. The molecule has 2 fully saturated rings. The fourth-order valence-electron chi connectivity index (χ4n) is 2.29. The van der Waals surface area contributed by atoms with Crippen molar-refractivity contribution < 1.29 is 4.79 Å². The number of hydrogen-bond donors (Lipinski definition) is 1. The molecule has 1 N–H and O–H groups in total. The number of carbonyl (C=O) groups excluding carboxylic acids is 1. The van der Waals surface area contributed by atoms with Gasteiger partial charge in [0.25, 0.3) is 0 Å². The number of thioether (sulfide) groups is 1. The van der Waals surface area contributed by atoms with Gasteiger partial charge < -0.3 is 10.2 Å². The molecule has 2 rings (SSSR count). The zero-order chi connectivity index (χ0) is 11.4. The molecule has 1 amide bonds. The zero-order valence-corrected chi connectivity index (χ0v) is 10.9. The fourth-order valence-corrected chi connectivity index (χ4v) is 3.45. The molecule has 0 aliphatic carbocycles. The van der Waals surface area contributed by atoms with Crippen LogP contribution >= 0.6 is 11.8 Å². The smallest absolute Gasteiger partial charge is 0.225 e. The summed E-state index contributed by atoms with van der Waals surface area (Å²) in [5, 5.41) is 3.81. The Labute approximate surface area is 102 Å². The van der Waals surface area contributed by atoms with Crippen LogP contribution in [0.2, 0.25) is 0 Å². The van der Waals surface area contributed by atoms with Crippen LogP contribution in [0.1, 0.15) is 32.6 Å². The molecular formula is C12H22N2OS. The number of hydrogen-bond acceptors (Lipinski definition) is 3. The van der Waals surface area contributed by atoms with Crippen molar-refractivity contribution >= 4 is 17.7 Å². The SMILES string of the molecule is CC1CNC(CC(=O)N2CCCCC2)SC1. The first-order valence-electron chi connectivity index (χ1n) is 6.38. The molecule has 4 heteroatoms. The van der Waals surface area contributed by atoms with E-state index in [1.54, 1.807) is 0 Å². The minimum atomic E-state index is 0.347. The molecule has 2 aliphatic heterocycles. The van der Waals surface area contributed by atoms with Crippen molar-refractivity contribution in [2.75, 3.05) is 25.4 Å². The van der Waals surface area contributed by atoms with Crippen LogP contribution in [0.15, 0.2) is 0 Å². The van der Waals surface area contributed by atoms with E-state index in [1.807, 2.05) is 16.7 Å². The van der Waals surface area contributed by atoms with Crippen LogP contribution in [0.4, 0.5) is 0 Å². The van der Waals surface area contributed by atoms with E-state index in [0.717, 1.165) is 25.6 Å². The van der Waals surface area contributed by atoms with E-state index in [4.69, 9.17) is 0 Å². The second-order valence-electron chi connectivity index (χ2n) is 4.98. The molecule has 0 saturated carbocycles. The van der Waals surface area contributed by atoms with Crippen LogP contribution in [-0.2, 0) is 4.79 Å². The van der Waals surface area contributed by atoms with Gasteiger partial charge in [-0.3, -0.25) is 4.79 Å². The minimum absolute atomic E-state index is 0.347. The van der Waals surface area contributed by atoms with Crippen LogP contribution < -0.4 is 5.32 Å². The molecule has 92 valence electrons. The number of amides is 1. The Bertz CT molecular complexity index is 233. The minimum Gasteiger partial charge on any atom is -0.343 e. The predicted octanol–water partition coefficient (Wildman–Crippen LogP) is 1.69. The summed E-state index contributed by atoms with van der Waals surface area (Å²) in [6, 6.07) is 0. The molecule has 0 spiro atoms. The van der Waals surface area contributed by atoms with Crippen LogP contribution in [0.25, 0.3) is 0 Å². The van der Waals surface area contributed by atoms with Gasteiger partial charge in [0.05, 0.1) is 11.8 Å². The number of carbonyl (C=O) groups is 1. The van der Waals surface area contributed by atoms with Gasteiger partial charge in [-0.2, -0.15) is 0 Å². The summed E-state index contributed by atoms with van der Waals surface area (Å²) in [6.07, 6.45) is 4.34. The second-order valence-corrected chi connectivity index (χ2v) is 6.22. The Balaban J connectivity index is 1.73. The van der Waals surface area contributed by atoms with Gasteiger partial charge in [0.1, 0.15) is 0 Å². The maximum absolute atomic E-state index is 12.0. The quantitative estimate of drug-likeness (QED) is 0.800. The summed E-state index contributed by atoms with van der Waals surface area (Å²) in [5.74, 6) is 2.27. The Morgan fingerprint density at radius 2 is 2.12 bits per heavy atom. The van der Waals surface area contributed by atoms with Crippen molar-refractivity contribution in [1.29, 1.82) is 0 Å². The summed E-state index contributed by atoms with van der Waals surface area (Å²) in [7, 11) is 0. The number of piperidine rings is 1. The molecular weight excluding hydrogens is 220 g/mol. The molecule has 2 aliphatic rings. The van der Waals surface area contributed by atoms with E-state index in [-0.39, 0.29) is 0 Å². The molecule has 0 radical (unpaired) electrons. The van der Waals surface area contributed by atoms with E-state index < -0.39 is 0 Å². The summed E-state index contributed by atoms with van der Waals surface area (Å²) in [6.45, 7) is 5.27. The van der Waals surface area contributed by atoms with Gasteiger partial charge in [0.2, 0.25) is 5.91 Å². The van der Waals surface area contributed by atoms with E-state index in [2.05, 4.69) is 12.2 Å². The van der Waals surface area contributed by atoms with Crippen LogP contribution in [0.5, 0.6) is 0 Å². The summed E-state index contributed by atoms with van der Waals surface area (Å²) in [4.78, 5) is 14.1. The highest BCUT2D eigenvalue weighted by atomic mass is 32.2. The zero-order valence-electron chi connectivity index (χ0n) is 10.1. The third-order valence-electron chi connectivity index (χ3n) is 3.34. The second kappa shape index (κ2) is 5.92. The highest BCUT2D eigenvalue weighted by Gasteiger charge is 2.23. The maximum Gasteiger partial charge on any atom is 0.225 e. The van der Waals surface area contributed by atoms with Crippen LogP contribution in [0, 0.1) is 5.92 Å². The largest absolute Gasteiger partial charge is 0.343 e. The highest BCUT2D eigenvalue weighted by molar-refractivity contribution is 7.99. The lowest BCUT2D eigenvalue weighted by atomic mass is 10.1. The number of nitrogens with one attached hydrogen (secondary N) is 1. The predicted molar refractivity (Wildman–Crippen MR) is 68.5 cm³/mol. The van der Waals surface area contributed by atoms with Gasteiger partial charge in [0.15, 0.2) is 0 Å². The summed E-state index contributed by atoms with van der Waals surface area (Å²) in [5.41, 5.74) is 0. The van der Waals surface area contributed by atoms with Gasteiger partial charge in [-0.1, -0.05) is 6.92 Å². The number of rotatable bonds is 2. The molecule has 0 aromatic heterocycles. The Morgan fingerprint density at radius 3 is 2.75 bits per heavy atom. The molecule has 2 atom stereocenters. The lowest BCUT2D eigenvalue weighted by Gasteiger charge is -2.31. The molecule has 2 unspecified atom stereocenters. The number of nitrogens with zero attached hydrogens (tertiary/aromatic N) is 1. The topological polar surface area (TPSA) is 32.3 Å². The maximum atomic E-state index is 12.0. The molecule has 2 heterocycles. The Morgan fingerprint density at radius 1 is 1.38 bits per heavy atom. The molecule has 16 heavy (non-hydrogen) atoms. The Hall–Kier alpha value is -0.220. The first-order chi connectivity index (χ1) is 7.75. The van der Waals surface area contributed by atoms with Gasteiger partial charge in [0, 0.05) is 13.1 Å². The number of likely N-dealkylation sites (tertiary alicyclic amines) is 1. The van der Waals surface area contributed by atoms with Gasteiger partial charge >= 0.3 is 0 Å². The summed E-state index contributed by atoms with van der Waals surface area (Å²) < 4.78 is 0. The van der Waals surface area contributed by atoms with Crippen molar-refractivity contribution in [3.63, 3.8) is 0 Å². The molecule has 2 saturated heterocycles. The monoisotopic (exact) mass is 242 g/mol. The first kappa shape index (κ1) is 12.2. The normalized spacial score (nSPS) is 31.4. The Kier molecular flexibility index (Phi) is 4.53. The van der Waals surface area contributed by atoms with Gasteiger partial charge in [-0.05, 0) is 37.5 Å².